The number of carbonyl (C=O) groups excluding carboxylic acids is 1. The lowest BCUT2D eigenvalue weighted by atomic mass is 10.1. The highest BCUT2D eigenvalue weighted by atomic mass is 16.6. The highest BCUT2D eigenvalue weighted by molar-refractivity contribution is 6.07. The third-order valence-electron chi connectivity index (χ3n) is 2.92. The Morgan fingerprint density at radius 2 is 1.80 bits per heavy atom. The highest BCUT2D eigenvalue weighted by Gasteiger charge is 2.14. The van der Waals surface area contributed by atoms with Crippen molar-refractivity contribution < 1.29 is 9.72 Å². The van der Waals surface area contributed by atoms with Gasteiger partial charge in [0, 0.05) is 11.1 Å². The molecule has 0 aliphatic carbocycles. The fraction of sp³-hybridized carbons (Fsp3) is 0.0625. The number of nitro groups is 1. The van der Waals surface area contributed by atoms with Crippen LogP contribution >= 0.6 is 0 Å². The summed E-state index contributed by atoms with van der Waals surface area (Å²) in [4.78, 5) is 22.5. The van der Waals surface area contributed by atoms with Gasteiger partial charge in [-0.3, -0.25) is 14.9 Å². The molecule has 0 aromatic heterocycles. The third kappa shape index (κ3) is 2.98. The molecule has 0 unspecified atom stereocenters. The molecule has 0 spiro atoms. The highest BCUT2D eigenvalue weighted by Crippen LogP contribution is 2.24. The zero-order chi connectivity index (χ0) is 14.5. The van der Waals surface area contributed by atoms with Crippen molar-refractivity contribution in [3.8, 4) is 0 Å². The number of hydrogen-bond donors (Lipinski definition) is 0. The Morgan fingerprint density at radius 1 is 1.10 bits per heavy atom. The molecule has 0 bridgehead atoms. The van der Waals surface area contributed by atoms with Gasteiger partial charge in [0.2, 0.25) is 0 Å². The average molecular weight is 267 g/mol. The molecule has 4 heteroatoms. The summed E-state index contributed by atoms with van der Waals surface area (Å²) in [5, 5.41) is 11.0. The van der Waals surface area contributed by atoms with Gasteiger partial charge in [-0.1, -0.05) is 42.5 Å². The average Bonchev–Trinajstić information content (AvgIpc) is 2.45. The summed E-state index contributed by atoms with van der Waals surface area (Å²) in [5.74, 6) is -0.179. The van der Waals surface area contributed by atoms with Crippen LogP contribution in [0.1, 0.15) is 21.5 Å². The number of aryl methyl sites for hydroxylation is 1. The first-order valence-corrected chi connectivity index (χ1v) is 6.11. The molecular formula is C16H13NO3. The van der Waals surface area contributed by atoms with Gasteiger partial charge in [0.05, 0.1) is 10.5 Å². The third-order valence-corrected chi connectivity index (χ3v) is 2.92. The van der Waals surface area contributed by atoms with E-state index in [0.29, 0.717) is 16.7 Å². The first-order chi connectivity index (χ1) is 9.59. The van der Waals surface area contributed by atoms with Gasteiger partial charge in [-0.05, 0) is 25.1 Å². The Kier molecular flexibility index (Phi) is 4.05. The van der Waals surface area contributed by atoms with Gasteiger partial charge in [-0.2, -0.15) is 0 Å². The van der Waals surface area contributed by atoms with E-state index in [1.54, 1.807) is 49.4 Å². The SMILES string of the molecule is Cc1cccc(/C=C/C(=O)c2ccccc2)c1[N+](=O)[O-]. The van der Waals surface area contributed by atoms with E-state index in [-0.39, 0.29) is 11.5 Å². The van der Waals surface area contributed by atoms with Gasteiger partial charge in [-0.25, -0.2) is 0 Å². The molecule has 0 amide bonds. The molecule has 0 saturated heterocycles. The number of carbonyl (C=O) groups is 1. The summed E-state index contributed by atoms with van der Waals surface area (Å²) >= 11 is 0. The van der Waals surface area contributed by atoms with Crippen molar-refractivity contribution in [2.45, 2.75) is 6.92 Å². The number of allylic oxidation sites excluding steroid dienone is 1. The van der Waals surface area contributed by atoms with Gasteiger partial charge in [-0.15, -0.1) is 0 Å². The molecule has 2 aromatic rings. The normalized spacial score (nSPS) is 10.7. The fourth-order valence-corrected chi connectivity index (χ4v) is 1.93. The minimum atomic E-state index is -0.429. The zero-order valence-corrected chi connectivity index (χ0v) is 10.9. The number of benzene rings is 2. The molecule has 0 heterocycles. The maximum Gasteiger partial charge on any atom is 0.279 e. The molecule has 0 radical (unpaired) electrons. The molecule has 0 atom stereocenters. The molecule has 2 rings (SSSR count). The second-order valence-corrected chi connectivity index (χ2v) is 4.33. The Labute approximate surface area is 116 Å². The van der Waals surface area contributed by atoms with E-state index in [1.165, 1.54) is 12.2 Å². The number of para-hydroxylation sites is 1. The number of ketones is 1. The molecule has 100 valence electrons. The lowest BCUT2D eigenvalue weighted by Crippen LogP contribution is -1.96. The van der Waals surface area contributed by atoms with E-state index in [4.69, 9.17) is 0 Å². The first-order valence-electron chi connectivity index (χ1n) is 6.11. The van der Waals surface area contributed by atoms with Gasteiger partial charge in [0.25, 0.3) is 5.69 Å². The lowest BCUT2D eigenvalue weighted by Gasteiger charge is -2.00. The summed E-state index contributed by atoms with van der Waals surface area (Å²) in [6, 6.07) is 13.8. The van der Waals surface area contributed by atoms with Gasteiger partial charge < -0.3 is 0 Å². The standard InChI is InChI=1S/C16H13NO3/c1-12-6-5-9-14(16(12)17(19)20)10-11-15(18)13-7-3-2-4-8-13/h2-11H,1H3/b11-10+. The fourth-order valence-electron chi connectivity index (χ4n) is 1.93. The zero-order valence-electron chi connectivity index (χ0n) is 10.9. The van der Waals surface area contributed by atoms with E-state index < -0.39 is 4.92 Å². The number of rotatable bonds is 4. The molecule has 0 N–H and O–H groups in total. The summed E-state index contributed by atoms with van der Waals surface area (Å²) < 4.78 is 0. The largest absolute Gasteiger partial charge is 0.289 e. The van der Waals surface area contributed by atoms with Crippen LogP contribution in [0.2, 0.25) is 0 Å². The van der Waals surface area contributed by atoms with E-state index in [9.17, 15) is 14.9 Å². The van der Waals surface area contributed by atoms with Crippen LogP contribution in [0, 0.1) is 17.0 Å². The van der Waals surface area contributed by atoms with Crippen molar-refractivity contribution in [1.29, 1.82) is 0 Å². The summed E-state index contributed by atoms with van der Waals surface area (Å²) in [6.45, 7) is 1.68. The Morgan fingerprint density at radius 3 is 2.45 bits per heavy atom. The molecule has 0 aliphatic rings. The van der Waals surface area contributed by atoms with Crippen LogP contribution < -0.4 is 0 Å². The van der Waals surface area contributed by atoms with E-state index in [1.807, 2.05) is 6.07 Å². The summed E-state index contributed by atoms with van der Waals surface area (Å²) in [7, 11) is 0. The lowest BCUT2D eigenvalue weighted by molar-refractivity contribution is -0.385. The molecule has 2 aromatic carbocycles. The van der Waals surface area contributed by atoms with E-state index in [2.05, 4.69) is 0 Å². The minimum absolute atomic E-state index is 0.0320. The predicted molar refractivity (Wildman–Crippen MR) is 77.6 cm³/mol. The van der Waals surface area contributed by atoms with E-state index in [0.717, 1.165) is 0 Å². The van der Waals surface area contributed by atoms with Crippen LogP contribution in [-0.2, 0) is 0 Å². The van der Waals surface area contributed by atoms with Crippen molar-refractivity contribution in [3.63, 3.8) is 0 Å². The van der Waals surface area contributed by atoms with Crippen molar-refractivity contribution in [2.75, 3.05) is 0 Å². The topological polar surface area (TPSA) is 60.2 Å². The Hall–Kier alpha value is -2.75. The van der Waals surface area contributed by atoms with Gasteiger partial charge in [0.1, 0.15) is 0 Å². The second-order valence-electron chi connectivity index (χ2n) is 4.33. The van der Waals surface area contributed by atoms with Crippen molar-refractivity contribution in [2.24, 2.45) is 0 Å². The number of nitro benzene ring substituents is 1. The van der Waals surface area contributed by atoms with Crippen molar-refractivity contribution >= 4 is 17.5 Å². The first kappa shape index (κ1) is 13.7. The number of nitrogens with zero attached hydrogens (tertiary/aromatic N) is 1. The van der Waals surface area contributed by atoms with Crippen LogP contribution in [0.15, 0.2) is 54.6 Å². The van der Waals surface area contributed by atoms with E-state index >= 15 is 0 Å². The van der Waals surface area contributed by atoms with Gasteiger partial charge >= 0.3 is 0 Å². The monoisotopic (exact) mass is 267 g/mol. The van der Waals surface area contributed by atoms with Crippen LogP contribution in [0.25, 0.3) is 6.08 Å². The molecule has 4 nitrogen and oxygen atoms in total. The Balaban J connectivity index is 2.31. The van der Waals surface area contributed by atoms with Crippen LogP contribution in [-0.4, -0.2) is 10.7 Å². The summed E-state index contributed by atoms with van der Waals surface area (Å²) in [5.41, 5.74) is 1.59. The maximum absolute atomic E-state index is 11.9. The summed E-state index contributed by atoms with van der Waals surface area (Å²) in [6.07, 6.45) is 2.84. The molecule has 20 heavy (non-hydrogen) atoms. The van der Waals surface area contributed by atoms with Crippen LogP contribution in [0.3, 0.4) is 0 Å². The van der Waals surface area contributed by atoms with Crippen LogP contribution in [0.5, 0.6) is 0 Å². The quantitative estimate of drug-likeness (QED) is 0.366. The molecule has 0 aliphatic heterocycles. The molecule has 0 saturated carbocycles. The maximum atomic E-state index is 11.9. The van der Waals surface area contributed by atoms with Crippen molar-refractivity contribution in [1.82, 2.24) is 0 Å². The predicted octanol–water partition coefficient (Wildman–Crippen LogP) is 3.80. The molecule has 0 fully saturated rings. The second kappa shape index (κ2) is 5.93. The Bertz CT molecular complexity index is 675. The van der Waals surface area contributed by atoms with Crippen LogP contribution in [0.4, 0.5) is 5.69 Å². The minimum Gasteiger partial charge on any atom is -0.289 e. The van der Waals surface area contributed by atoms with Gasteiger partial charge in [0.15, 0.2) is 5.78 Å². The molecular weight excluding hydrogens is 254 g/mol. The number of hydrogen-bond acceptors (Lipinski definition) is 3. The van der Waals surface area contributed by atoms with Crippen molar-refractivity contribution in [3.05, 3.63) is 81.4 Å². The smallest absolute Gasteiger partial charge is 0.279 e.